The van der Waals surface area contributed by atoms with E-state index in [-0.39, 0.29) is 30.7 Å². The van der Waals surface area contributed by atoms with Gasteiger partial charge in [-0.25, -0.2) is 0 Å². The van der Waals surface area contributed by atoms with Crippen LogP contribution in [-0.4, -0.2) is 54.0 Å². The van der Waals surface area contributed by atoms with Crippen LogP contribution in [0.1, 0.15) is 37.7 Å². The molecule has 1 aliphatic heterocycles. The molecule has 192 valence electrons. The Labute approximate surface area is 224 Å². The van der Waals surface area contributed by atoms with Crippen molar-refractivity contribution in [2.75, 3.05) is 20.2 Å². The highest BCUT2D eigenvalue weighted by molar-refractivity contribution is 7.99. The summed E-state index contributed by atoms with van der Waals surface area (Å²) in [5.74, 6) is -0.458. The average Bonchev–Trinajstić information content (AvgIpc) is 2.86. The number of carboxylic acids is 1. The van der Waals surface area contributed by atoms with E-state index in [1.54, 1.807) is 18.1 Å². The van der Waals surface area contributed by atoms with Gasteiger partial charge in [-0.15, -0.1) is 0 Å². The molecule has 1 saturated heterocycles. The van der Waals surface area contributed by atoms with Crippen LogP contribution < -0.4 is 10.1 Å². The van der Waals surface area contributed by atoms with Crippen LogP contribution in [0.3, 0.4) is 0 Å². The molecule has 0 aromatic heterocycles. The number of hydrogen-bond donors (Lipinski definition) is 2. The maximum Gasteiger partial charge on any atom is 0.303 e. The second-order valence-electron chi connectivity index (χ2n) is 8.28. The highest BCUT2D eigenvalue weighted by Gasteiger charge is 2.23. The Bertz CT molecular complexity index is 1130. The lowest BCUT2D eigenvalue weighted by Crippen LogP contribution is -2.46. The first-order chi connectivity index (χ1) is 17.3. The number of methoxy groups -OCH3 is 1. The fourth-order valence-corrected chi connectivity index (χ4v) is 5.32. The number of carboxylic acid groups (broad SMARTS) is 1. The molecular formula is C26H28Cl2N2O5S. The van der Waals surface area contributed by atoms with Crippen LogP contribution in [0.25, 0.3) is 6.08 Å². The second kappa shape index (κ2) is 13.6. The van der Waals surface area contributed by atoms with Gasteiger partial charge in [0, 0.05) is 42.9 Å². The van der Waals surface area contributed by atoms with E-state index in [9.17, 15) is 14.4 Å². The number of piperidine rings is 1. The second-order valence-corrected chi connectivity index (χ2v) is 10.1. The van der Waals surface area contributed by atoms with Crippen LogP contribution in [0.2, 0.25) is 10.0 Å². The summed E-state index contributed by atoms with van der Waals surface area (Å²) in [6.07, 6.45) is 4.91. The van der Waals surface area contributed by atoms with E-state index in [0.717, 1.165) is 15.5 Å². The van der Waals surface area contributed by atoms with Gasteiger partial charge in [0.15, 0.2) is 0 Å². The van der Waals surface area contributed by atoms with Crippen molar-refractivity contribution < 1.29 is 24.2 Å². The quantitative estimate of drug-likeness (QED) is 0.377. The first-order valence-electron chi connectivity index (χ1n) is 11.6. The minimum Gasteiger partial charge on any atom is -0.496 e. The lowest BCUT2D eigenvalue weighted by Gasteiger charge is -2.31. The van der Waals surface area contributed by atoms with Crippen LogP contribution in [0, 0.1) is 0 Å². The van der Waals surface area contributed by atoms with Crippen molar-refractivity contribution in [3.63, 3.8) is 0 Å². The summed E-state index contributed by atoms with van der Waals surface area (Å²) in [6, 6.07) is 11.3. The zero-order valence-electron chi connectivity index (χ0n) is 19.8. The summed E-state index contributed by atoms with van der Waals surface area (Å²) in [5.41, 5.74) is 0.642. The third kappa shape index (κ3) is 7.91. The van der Waals surface area contributed by atoms with Gasteiger partial charge < -0.3 is 20.1 Å². The largest absolute Gasteiger partial charge is 0.496 e. The van der Waals surface area contributed by atoms with Crippen LogP contribution >= 0.6 is 35.0 Å². The molecule has 0 bridgehead atoms. The molecule has 1 heterocycles. The summed E-state index contributed by atoms with van der Waals surface area (Å²) in [4.78, 5) is 38.6. The zero-order valence-corrected chi connectivity index (χ0v) is 22.2. The molecule has 0 unspecified atom stereocenters. The Morgan fingerprint density at radius 3 is 2.50 bits per heavy atom. The van der Waals surface area contributed by atoms with E-state index >= 15 is 0 Å². The molecule has 10 heteroatoms. The number of hydrogen-bond acceptors (Lipinski definition) is 5. The topological polar surface area (TPSA) is 95.9 Å². The van der Waals surface area contributed by atoms with Gasteiger partial charge in [0.05, 0.1) is 22.1 Å². The molecule has 2 N–H and O–H groups in total. The van der Waals surface area contributed by atoms with Gasteiger partial charge >= 0.3 is 5.97 Å². The van der Waals surface area contributed by atoms with Gasteiger partial charge in [0.25, 0.3) is 0 Å². The molecule has 2 aromatic rings. The molecular weight excluding hydrogens is 523 g/mol. The van der Waals surface area contributed by atoms with Gasteiger partial charge in [-0.2, -0.15) is 0 Å². The number of carbonyl (C=O) groups excluding carboxylic acids is 2. The Balaban J connectivity index is 1.53. The molecule has 0 atom stereocenters. The highest BCUT2D eigenvalue weighted by atomic mass is 35.5. The van der Waals surface area contributed by atoms with E-state index in [1.165, 1.54) is 17.8 Å². The number of benzene rings is 2. The summed E-state index contributed by atoms with van der Waals surface area (Å²) >= 11 is 14.5. The predicted octanol–water partition coefficient (Wildman–Crippen LogP) is 5.53. The number of carbonyl (C=O) groups is 3. The Kier molecular flexibility index (Phi) is 10.5. The fraction of sp³-hybridized carbons (Fsp3) is 0.346. The van der Waals surface area contributed by atoms with Gasteiger partial charge in [0.1, 0.15) is 5.75 Å². The zero-order chi connectivity index (χ0) is 26.1. The number of para-hydroxylation sites is 1. The van der Waals surface area contributed by atoms with E-state index < -0.39 is 5.97 Å². The molecule has 3 rings (SSSR count). The molecule has 0 radical (unpaired) electrons. The minimum atomic E-state index is -0.908. The molecule has 0 spiro atoms. The Morgan fingerprint density at radius 1 is 1.08 bits per heavy atom. The van der Waals surface area contributed by atoms with Gasteiger partial charge in [-0.05, 0) is 49.1 Å². The van der Waals surface area contributed by atoms with Gasteiger partial charge in [-0.3, -0.25) is 14.4 Å². The van der Waals surface area contributed by atoms with Crippen molar-refractivity contribution in [3.05, 3.63) is 58.1 Å². The monoisotopic (exact) mass is 550 g/mol. The third-order valence-electron chi connectivity index (χ3n) is 5.74. The van der Waals surface area contributed by atoms with Gasteiger partial charge in [-0.1, -0.05) is 53.2 Å². The van der Waals surface area contributed by atoms with Crippen molar-refractivity contribution in [3.8, 4) is 5.75 Å². The van der Waals surface area contributed by atoms with Crippen LogP contribution in [0.5, 0.6) is 5.75 Å². The van der Waals surface area contributed by atoms with E-state index in [0.29, 0.717) is 48.0 Å². The maximum absolute atomic E-state index is 12.7. The molecule has 36 heavy (non-hydrogen) atoms. The van der Waals surface area contributed by atoms with Crippen LogP contribution in [0.15, 0.2) is 52.3 Å². The van der Waals surface area contributed by atoms with Crippen molar-refractivity contribution >= 4 is 58.8 Å². The number of amides is 2. The molecule has 1 fully saturated rings. The van der Waals surface area contributed by atoms with Crippen molar-refractivity contribution in [2.45, 2.75) is 47.9 Å². The summed E-state index contributed by atoms with van der Waals surface area (Å²) in [5, 5.41) is 12.4. The van der Waals surface area contributed by atoms with Crippen molar-refractivity contribution in [2.24, 2.45) is 0 Å². The number of likely N-dealkylation sites (tertiary alicyclic amines) is 1. The minimum absolute atomic E-state index is 0.0168. The normalized spacial score (nSPS) is 14.1. The molecule has 2 amide bonds. The number of nitrogens with one attached hydrogen (secondary N) is 1. The molecule has 0 saturated carbocycles. The predicted molar refractivity (Wildman–Crippen MR) is 142 cm³/mol. The summed E-state index contributed by atoms with van der Waals surface area (Å²) in [7, 11) is 1.61. The smallest absolute Gasteiger partial charge is 0.303 e. The molecule has 1 aliphatic rings. The van der Waals surface area contributed by atoms with E-state index in [4.69, 9.17) is 33.0 Å². The number of aliphatic carboxylic acids is 1. The molecule has 2 aromatic carbocycles. The number of nitrogens with zero attached hydrogens (tertiary/aromatic N) is 1. The first kappa shape index (κ1) is 27.9. The Hall–Kier alpha value is -2.68. The SMILES string of the molecule is COc1ccccc1Sc1ccc(C=CC(=O)N2CCC(NC(=O)CCCC(=O)O)CC2)c(Cl)c1Cl. The third-order valence-corrected chi connectivity index (χ3v) is 7.86. The van der Waals surface area contributed by atoms with Crippen molar-refractivity contribution in [1.82, 2.24) is 10.2 Å². The Morgan fingerprint density at radius 2 is 1.81 bits per heavy atom. The van der Waals surface area contributed by atoms with Crippen LogP contribution in [0.4, 0.5) is 0 Å². The standard InChI is InChI=1S/C26H28Cl2N2O5S/c1-35-19-5-2-3-6-20(19)36-21-11-9-17(25(27)26(21)28)10-12-23(32)30-15-13-18(14-16-30)29-22(31)7-4-8-24(33)34/h2-3,5-6,9-12,18H,4,7-8,13-16H2,1H3,(H,29,31)(H,33,34). The summed E-state index contributed by atoms with van der Waals surface area (Å²) in [6.45, 7) is 1.04. The highest BCUT2D eigenvalue weighted by Crippen LogP contribution is 2.42. The van der Waals surface area contributed by atoms with Crippen LogP contribution in [-0.2, 0) is 14.4 Å². The van der Waals surface area contributed by atoms with E-state index in [1.807, 2.05) is 36.4 Å². The lowest BCUT2D eigenvalue weighted by molar-refractivity contribution is -0.137. The number of halogens is 2. The fourth-order valence-electron chi connectivity index (χ4n) is 3.79. The first-order valence-corrected chi connectivity index (χ1v) is 13.1. The van der Waals surface area contributed by atoms with Crippen molar-refractivity contribution in [1.29, 1.82) is 0 Å². The number of rotatable bonds is 10. The van der Waals surface area contributed by atoms with Gasteiger partial charge in [0.2, 0.25) is 11.8 Å². The average molecular weight is 551 g/mol. The molecule has 0 aliphatic carbocycles. The lowest BCUT2D eigenvalue weighted by atomic mass is 10.0. The number of ether oxygens (including phenoxy) is 1. The van der Waals surface area contributed by atoms with E-state index in [2.05, 4.69) is 5.32 Å². The summed E-state index contributed by atoms with van der Waals surface area (Å²) < 4.78 is 5.39. The maximum atomic E-state index is 12.7. The molecule has 7 nitrogen and oxygen atoms in total.